The van der Waals surface area contributed by atoms with Gasteiger partial charge < -0.3 is 10.5 Å². The predicted molar refractivity (Wildman–Crippen MR) is 78.7 cm³/mol. The summed E-state index contributed by atoms with van der Waals surface area (Å²) in [5.41, 5.74) is 5.90. The van der Waals surface area contributed by atoms with Crippen molar-refractivity contribution in [1.82, 2.24) is 0 Å². The minimum atomic E-state index is 0.416. The van der Waals surface area contributed by atoms with Crippen LogP contribution in [0.4, 0.5) is 0 Å². The Balaban J connectivity index is 2.24. The van der Waals surface area contributed by atoms with Gasteiger partial charge in [-0.3, -0.25) is 0 Å². The van der Waals surface area contributed by atoms with Crippen LogP contribution in [-0.4, -0.2) is 18.8 Å². The molecule has 2 heteroatoms. The number of hydrogen-bond donors (Lipinski definition) is 1. The molecule has 0 aliphatic heterocycles. The van der Waals surface area contributed by atoms with Gasteiger partial charge in [-0.25, -0.2) is 0 Å². The molecule has 0 saturated heterocycles. The highest BCUT2D eigenvalue weighted by molar-refractivity contribution is 4.76. The molecule has 3 unspecified atom stereocenters. The summed E-state index contributed by atoms with van der Waals surface area (Å²) in [7, 11) is 0. The van der Waals surface area contributed by atoms with E-state index < -0.39 is 0 Å². The highest BCUT2D eigenvalue weighted by Gasteiger charge is 2.24. The van der Waals surface area contributed by atoms with E-state index in [4.69, 9.17) is 10.5 Å². The molecule has 0 bridgehead atoms. The molecule has 1 aliphatic rings. The van der Waals surface area contributed by atoms with Crippen molar-refractivity contribution < 1.29 is 4.74 Å². The average molecular weight is 255 g/mol. The molecule has 2 nitrogen and oxygen atoms in total. The Bertz CT molecular complexity index is 196. The zero-order valence-electron chi connectivity index (χ0n) is 12.5. The van der Waals surface area contributed by atoms with E-state index in [1.54, 1.807) is 0 Å². The van der Waals surface area contributed by atoms with Crippen molar-refractivity contribution in [1.29, 1.82) is 0 Å². The Kier molecular flexibility index (Phi) is 8.70. The summed E-state index contributed by atoms with van der Waals surface area (Å²) in [6.07, 6.45) is 13.9. The topological polar surface area (TPSA) is 35.2 Å². The van der Waals surface area contributed by atoms with Gasteiger partial charge in [0.15, 0.2) is 0 Å². The molecule has 1 fully saturated rings. The first-order valence-electron chi connectivity index (χ1n) is 8.13. The Morgan fingerprint density at radius 1 is 1.11 bits per heavy atom. The van der Waals surface area contributed by atoms with E-state index in [1.165, 1.54) is 64.2 Å². The van der Waals surface area contributed by atoms with Crippen LogP contribution in [0.1, 0.15) is 78.1 Å². The molecule has 18 heavy (non-hydrogen) atoms. The van der Waals surface area contributed by atoms with Crippen LogP contribution < -0.4 is 5.73 Å². The third kappa shape index (κ3) is 6.19. The van der Waals surface area contributed by atoms with Crippen LogP contribution in [-0.2, 0) is 4.74 Å². The molecule has 0 radical (unpaired) electrons. The molecule has 2 N–H and O–H groups in total. The zero-order valence-corrected chi connectivity index (χ0v) is 12.5. The fourth-order valence-electron chi connectivity index (χ4n) is 3.02. The summed E-state index contributed by atoms with van der Waals surface area (Å²) in [6.45, 7) is 5.30. The standard InChI is InChI=1S/C16H33NO/c1-3-4-5-7-10-14(2)18-16-12-9-6-8-11-15(16)13-17/h14-16H,3-13,17H2,1-2H3. The van der Waals surface area contributed by atoms with Crippen molar-refractivity contribution >= 4 is 0 Å². The van der Waals surface area contributed by atoms with Crippen LogP contribution in [0.5, 0.6) is 0 Å². The SMILES string of the molecule is CCCCCCC(C)OC1CCCCCC1CN. The summed E-state index contributed by atoms with van der Waals surface area (Å²) in [4.78, 5) is 0. The highest BCUT2D eigenvalue weighted by atomic mass is 16.5. The summed E-state index contributed by atoms with van der Waals surface area (Å²) in [6, 6.07) is 0. The van der Waals surface area contributed by atoms with Crippen molar-refractivity contribution in [3.63, 3.8) is 0 Å². The third-order valence-corrected chi connectivity index (χ3v) is 4.26. The molecule has 0 aromatic heterocycles. The van der Waals surface area contributed by atoms with E-state index >= 15 is 0 Å². The lowest BCUT2D eigenvalue weighted by molar-refractivity contribution is -0.0398. The van der Waals surface area contributed by atoms with Crippen molar-refractivity contribution in [3.05, 3.63) is 0 Å². The van der Waals surface area contributed by atoms with Gasteiger partial charge in [0.25, 0.3) is 0 Å². The van der Waals surface area contributed by atoms with Crippen molar-refractivity contribution in [2.75, 3.05) is 6.54 Å². The molecule has 1 aliphatic carbocycles. The molecule has 0 amide bonds. The molecule has 0 aromatic carbocycles. The first kappa shape index (κ1) is 16.0. The second kappa shape index (κ2) is 9.80. The lowest BCUT2D eigenvalue weighted by Crippen LogP contribution is -2.32. The van der Waals surface area contributed by atoms with E-state index in [9.17, 15) is 0 Å². The van der Waals surface area contributed by atoms with Gasteiger partial charge in [-0.2, -0.15) is 0 Å². The Morgan fingerprint density at radius 3 is 2.61 bits per heavy atom. The lowest BCUT2D eigenvalue weighted by atomic mass is 9.97. The van der Waals surface area contributed by atoms with Gasteiger partial charge in [0, 0.05) is 0 Å². The van der Waals surface area contributed by atoms with E-state index in [0.717, 1.165) is 6.54 Å². The van der Waals surface area contributed by atoms with Crippen molar-refractivity contribution in [3.8, 4) is 0 Å². The van der Waals surface area contributed by atoms with Gasteiger partial charge in [0.1, 0.15) is 0 Å². The van der Waals surface area contributed by atoms with Gasteiger partial charge in [0.05, 0.1) is 12.2 Å². The zero-order chi connectivity index (χ0) is 13.2. The van der Waals surface area contributed by atoms with Crippen LogP contribution in [0, 0.1) is 5.92 Å². The first-order chi connectivity index (χ1) is 8.77. The van der Waals surface area contributed by atoms with E-state index in [-0.39, 0.29) is 0 Å². The third-order valence-electron chi connectivity index (χ3n) is 4.26. The maximum absolute atomic E-state index is 6.27. The molecule has 1 rings (SSSR count). The van der Waals surface area contributed by atoms with Crippen LogP contribution in [0.25, 0.3) is 0 Å². The largest absolute Gasteiger partial charge is 0.375 e. The smallest absolute Gasteiger partial charge is 0.0618 e. The normalized spacial score (nSPS) is 26.8. The summed E-state index contributed by atoms with van der Waals surface area (Å²) < 4.78 is 6.27. The van der Waals surface area contributed by atoms with Crippen LogP contribution in [0.15, 0.2) is 0 Å². The van der Waals surface area contributed by atoms with Crippen LogP contribution in [0.2, 0.25) is 0 Å². The monoisotopic (exact) mass is 255 g/mol. The van der Waals surface area contributed by atoms with Gasteiger partial charge in [-0.05, 0) is 38.6 Å². The summed E-state index contributed by atoms with van der Waals surface area (Å²) in [5, 5.41) is 0. The Labute approximate surface area is 114 Å². The van der Waals surface area contributed by atoms with Crippen LogP contribution in [0.3, 0.4) is 0 Å². The number of nitrogens with two attached hydrogens (primary N) is 1. The summed E-state index contributed by atoms with van der Waals surface area (Å²) >= 11 is 0. The number of rotatable bonds is 8. The van der Waals surface area contributed by atoms with Gasteiger partial charge in [0.2, 0.25) is 0 Å². The second-order valence-electron chi connectivity index (χ2n) is 5.97. The fraction of sp³-hybridized carbons (Fsp3) is 1.00. The molecule has 108 valence electrons. The maximum atomic E-state index is 6.27. The number of hydrogen-bond acceptors (Lipinski definition) is 2. The van der Waals surface area contributed by atoms with E-state index in [0.29, 0.717) is 18.1 Å². The molecule has 3 atom stereocenters. The number of ether oxygens (including phenoxy) is 1. The lowest BCUT2D eigenvalue weighted by Gasteiger charge is -2.27. The van der Waals surface area contributed by atoms with Crippen molar-refractivity contribution in [2.24, 2.45) is 11.7 Å². The fourth-order valence-corrected chi connectivity index (χ4v) is 3.02. The molecular weight excluding hydrogens is 222 g/mol. The molecule has 0 spiro atoms. The first-order valence-corrected chi connectivity index (χ1v) is 8.13. The summed E-state index contributed by atoms with van der Waals surface area (Å²) in [5.74, 6) is 0.602. The maximum Gasteiger partial charge on any atom is 0.0618 e. The molecular formula is C16H33NO. The van der Waals surface area contributed by atoms with Crippen LogP contribution >= 0.6 is 0 Å². The van der Waals surface area contributed by atoms with Crippen molar-refractivity contribution in [2.45, 2.75) is 90.3 Å². The average Bonchev–Trinajstić information content (AvgIpc) is 2.59. The Morgan fingerprint density at radius 2 is 1.89 bits per heavy atom. The van der Waals surface area contributed by atoms with Gasteiger partial charge >= 0.3 is 0 Å². The Hall–Kier alpha value is -0.0800. The minimum absolute atomic E-state index is 0.416. The molecule has 0 heterocycles. The highest BCUT2D eigenvalue weighted by Crippen LogP contribution is 2.26. The molecule has 1 saturated carbocycles. The quantitative estimate of drug-likeness (QED) is 0.519. The van der Waals surface area contributed by atoms with Gasteiger partial charge in [-0.15, -0.1) is 0 Å². The van der Waals surface area contributed by atoms with E-state index in [1.807, 2.05) is 0 Å². The second-order valence-corrected chi connectivity index (χ2v) is 5.97. The minimum Gasteiger partial charge on any atom is -0.375 e. The molecule has 0 aromatic rings. The number of unbranched alkanes of at least 4 members (excludes halogenated alkanes) is 3. The predicted octanol–water partition coefficient (Wildman–Crippen LogP) is 4.27. The van der Waals surface area contributed by atoms with E-state index in [2.05, 4.69) is 13.8 Å². The van der Waals surface area contributed by atoms with Gasteiger partial charge in [-0.1, -0.05) is 51.9 Å².